The first-order valence-electron chi connectivity index (χ1n) is 11.5. The molecule has 2 atom stereocenters. The second kappa shape index (κ2) is 11.2. The molecule has 4 rings (SSSR count). The molecule has 190 valence electrons. The largest absolute Gasteiger partial charge is 0.383 e. The summed E-state index contributed by atoms with van der Waals surface area (Å²) in [6, 6.07) is 2.48. The minimum absolute atomic E-state index is 0.0152. The zero-order chi connectivity index (χ0) is 24.9. The van der Waals surface area contributed by atoms with Gasteiger partial charge in [-0.25, -0.2) is 14.4 Å². The molecule has 0 amide bonds. The molecule has 0 saturated carbocycles. The first-order chi connectivity index (χ1) is 16.9. The molecule has 35 heavy (non-hydrogen) atoms. The van der Waals surface area contributed by atoms with E-state index in [1.165, 1.54) is 24.5 Å². The van der Waals surface area contributed by atoms with Crippen molar-refractivity contribution in [1.29, 1.82) is 0 Å². The van der Waals surface area contributed by atoms with Crippen LogP contribution in [-0.4, -0.2) is 106 Å². The Morgan fingerprint density at radius 3 is 2.54 bits per heavy atom. The van der Waals surface area contributed by atoms with E-state index in [-0.39, 0.29) is 29.1 Å². The number of hydrogen-bond donors (Lipinski definition) is 0. The van der Waals surface area contributed by atoms with Crippen molar-refractivity contribution >= 4 is 17.3 Å². The van der Waals surface area contributed by atoms with Crippen molar-refractivity contribution in [3.63, 3.8) is 0 Å². The predicted octanol–water partition coefficient (Wildman–Crippen LogP) is 1.81. The standard InChI is InChI=1S/C23H31FN6O5/c1-27(4-7-33-2)21-14-29(15-22(21)34-3)19-11-18(24)17(10-20(19)30(31)32)16-12-25-23(26-13-16)28-5-8-35-9-6-28/h10-13,21-22H,4-9,14-15H2,1-3H3. The predicted molar refractivity (Wildman–Crippen MR) is 128 cm³/mol. The summed E-state index contributed by atoms with van der Waals surface area (Å²) in [5.74, 6) is -0.0478. The number of nitro benzene ring substituents is 1. The van der Waals surface area contributed by atoms with E-state index in [1.807, 2.05) is 16.8 Å². The molecule has 2 unspecified atom stereocenters. The zero-order valence-electron chi connectivity index (χ0n) is 20.2. The van der Waals surface area contributed by atoms with Gasteiger partial charge in [0, 0.05) is 82.6 Å². The molecule has 0 bridgehead atoms. The molecule has 1 aromatic carbocycles. The molecule has 12 heteroatoms. The zero-order valence-corrected chi connectivity index (χ0v) is 20.2. The van der Waals surface area contributed by atoms with Gasteiger partial charge in [0.1, 0.15) is 11.5 Å². The van der Waals surface area contributed by atoms with Crippen LogP contribution in [0.1, 0.15) is 0 Å². The first-order valence-corrected chi connectivity index (χ1v) is 11.5. The molecular weight excluding hydrogens is 459 g/mol. The van der Waals surface area contributed by atoms with E-state index < -0.39 is 10.7 Å². The normalized spacial score (nSPS) is 20.6. The molecule has 2 aliphatic heterocycles. The second-order valence-electron chi connectivity index (χ2n) is 8.67. The highest BCUT2D eigenvalue weighted by molar-refractivity contribution is 5.74. The molecule has 2 aliphatic rings. The van der Waals surface area contributed by atoms with Crippen molar-refractivity contribution in [3.05, 3.63) is 40.5 Å². The van der Waals surface area contributed by atoms with Gasteiger partial charge in [-0.2, -0.15) is 0 Å². The van der Waals surface area contributed by atoms with Crippen LogP contribution < -0.4 is 9.80 Å². The maximum atomic E-state index is 15.3. The molecule has 2 aromatic rings. The van der Waals surface area contributed by atoms with Gasteiger partial charge >= 0.3 is 0 Å². The Morgan fingerprint density at radius 1 is 1.20 bits per heavy atom. The van der Waals surface area contributed by atoms with E-state index in [9.17, 15) is 10.1 Å². The SMILES string of the molecule is COCCN(C)C1CN(c2cc(F)c(-c3cnc(N4CCOCC4)nc3)cc2[N+](=O)[O-])CC1OC. The van der Waals surface area contributed by atoms with Crippen molar-refractivity contribution in [3.8, 4) is 11.1 Å². The van der Waals surface area contributed by atoms with Crippen LogP contribution in [0.4, 0.5) is 21.7 Å². The van der Waals surface area contributed by atoms with Crippen molar-refractivity contribution < 1.29 is 23.5 Å². The quantitative estimate of drug-likeness (QED) is 0.382. The fourth-order valence-corrected chi connectivity index (χ4v) is 4.57. The average Bonchev–Trinajstić information content (AvgIpc) is 3.32. The fraction of sp³-hybridized carbons (Fsp3) is 0.565. The lowest BCUT2D eigenvalue weighted by Crippen LogP contribution is -2.43. The van der Waals surface area contributed by atoms with Crippen LogP contribution in [0.2, 0.25) is 0 Å². The van der Waals surface area contributed by atoms with Crippen LogP contribution in [0.25, 0.3) is 11.1 Å². The smallest absolute Gasteiger partial charge is 0.293 e. The lowest BCUT2D eigenvalue weighted by atomic mass is 10.1. The molecule has 0 N–H and O–H groups in total. The fourth-order valence-electron chi connectivity index (χ4n) is 4.57. The minimum Gasteiger partial charge on any atom is -0.383 e. The highest BCUT2D eigenvalue weighted by atomic mass is 19.1. The van der Waals surface area contributed by atoms with E-state index in [4.69, 9.17) is 14.2 Å². The number of methoxy groups -OCH3 is 2. The third-order valence-corrected chi connectivity index (χ3v) is 6.60. The van der Waals surface area contributed by atoms with Gasteiger partial charge in [-0.15, -0.1) is 0 Å². The molecule has 0 radical (unpaired) electrons. The molecule has 2 saturated heterocycles. The third kappa shape index (κ3) is 5.50. The van der Waals surface area contributed by atoms with E-state index in [0.29, 0.717) is 64.1 Å². The summed E-state index contributed by atoms with van der Waals surface area (Å²) in [7, 11) is 5.21. The summed E-state index contributed by atoms with van der Waals surface area (Å²) in [6.45, 7) is 4.66. The van der Waals surface area contributed by atoms with Crippen LogP contribution in [0, 0.1) is 15.9 Å². The Morgan fingerprint density at radius 2 is 1.91 bits per heavy atom. The number of ether oxygens (including phenoxy) is 3. The second-order valence-corrected chi connectivity index (χ2v) is 8.67. The Labute approximate surface area is 203 Å². The van der Waals surface area contributed by atoms with Crippen LogP contribution >= 0.6 is 0 Å². The van der Waals surface area contributed by atoms with Crippen molar-refractivity contribution in [2.75, 3.05) is 83.6 Å². The number of likely N-dealkylation sites (N-methyl/N-ethyl adjacent to an activating group) is 1. The van der Waals surface area contributed by atoms with Gasteiger partial charge in [0.15, 0.2) is 0 Å². The maximum absolute atomic E-state index is 15.3. The maximum Gasteiger partial charge on any atom is 0.293 e. The number of halogens is 1. The number of hydrogen-bond acceptors (Lipinski definition) is 10. The molecule has 3 heterocycles. The lowest BCUT2D eigenvalue weighted by Gasteiger charge is -2.27. The molecule has 2 fully saturated rings. The Hall–Kier alpha value is -2.93. The van der Waals surface area contributed by atoms with Crippen molar-refractivity contribution in [2.24, 2.45) is 0 Å². The van der Waals surface area contributed by atoms with E-state index in [1.54, 1.807) is 14.2 Å². The van der Waals surface area contributed by atoms with Crippen LogP contribution in [0.15, 0.2) is 24.5 Å². The van der Waals surface area contributed by atoms with E-state index >= 15 is 4.39 Å². The molecule has 0 aliphatic carbocycles. The minimum atomic E-state index is -0.571. The van der Waals surface area contributed by atoms with E-state index in [0.717, 1.165) is 0 Å². The summed E-state index contributed by atoms with van der Waals surface area (Å²) in [4.78, 5) is 26.1. The molecule has 11 nitrogen and oxygen atoms in total. The van der Waals surface area contributed by atoms with Gasteiger partial charge < -0.3 is 24.0 Å². The summed E-state index contributed by atoms with van der Waals surface area (Å²) < 4.78 is 31.4. The lowest BCUT2D eigenvalue weighted by molar-refractivity contribution is -0.384. The van der Waals surface area contributed by atoms with Crippen molar-refractivity contribution in [2.45, 2.75) is 12.1 Å². The average molecular weight is 491 g/mol. The Bertz CT molecular complexity index is 1020. The number of rotatable bonds is 9. The highest BCUT2D eigenvalue weighted by Gasteiger charge is 2.38. The summed E-state index contributed by atoms with van der Waals surface area (Å²) >= 11 is 0. The Balaban J connectivity index is 1.60. The topological polar surface area (TPSA) is 106 Å². The van der Waals surface area contributed by atoms with E-state index in [2.05, 4.69) is 14.9 Å². The van der Waals surface area contributed by atoms with Crippen LogP contribution in [0.5, 0.6) is 0 Å². The third-order valence-electron chi connectivity index (χ3n) is 6.60. The number of nitrogens with zero attached hydrogens (tertiary/aromatic N) is 6. The summed E-state index contributed by atoms with van der Waals surface area (Å²) in [6.07, 6.45) is 2.81. The van der Waals surface area contributed by atoms with Crippen LogP contribution in [-0.2, 0) is 14.2 Å². The van der Waals surface area contributed by atoms with Crippen molar-refractivity contribution in [1.82, 2.24) is 14.9 Å². The highest BCUT2D eigenvalue weighted by Crippen LogP contribution is 2.37. The monoisotopic (exact) mass is 490 g/mol. The Kier molecular flexibility index (Phi) is 8.06. The number of benzene rings is 1. The summed E-state index contributed by atoms with van der Waals surface area (Å²) in [5, 5.41) is 12.0. The van der Waals surface area contributed by atoms with Gasteiger partial charge in [-0.05, 0) is 7.05 Å². The van der Waals surface area contributed by atoms with Gasteiger partial charge in [-0.1, -0.05) is 0 Å². The number of nitro groups is 1. The molecular formula is C23H31FN6O5. The number of aromatic nitrogens is 2. The first kappa shape index (κ1) is 25.2. The summed E-state index contributed by atoms with van der Waals surface area (Å²) in [5.41, 5.74) is 0.522. The van der Waals surface area contributed by atoms with Gasteiger partial charge in [0.05, 0.1) is 36.9 Å². The van der Waals surface area contributed by atoms with Gasteiger partial charge in [0.2, 0.25) is 5.95 Å². The van der Waals surface area contributed by atoms with Gasteiger partial charge in [0.25, 0.3) is 5.69 Å². The number of morpholine rings is 1. The number of anilines is 2. The van der Waals surface area contributed by atoms with Gasteiger partial charge in [-0.3, -0.25) is 15.0 Å². The molecule has 1 aromatic heterocycles. The van der Waals surface area contributed by atoms with Crippen LogP contribution in [0.3, 0.4) is 0 Å². The molecule has 0 spiro atoms.